The number of tetrazole rings is 1. The summed E-state index contributed by atoms with van der Waals surface area (Å²) >= 11 is 0. The first-order valence-corrected chi connectivity index (χ1v) is 5.97. The van der Waals surface area contributed by atoms with Crippen molar-refractivity contribution in [1.29, 1.82) is 0 Å². The summed E-state index contributed by atoms with van der Waals surface area (Å²) in [4.78, 5) is 11.6. The molecule has 2 heterocycles. The predicted molar refractivity (Wildman–Crippen MR) is 62.4 cm³/mol. The molecule has 0 unspecified atom stereocenters. The molecule has 0 aliphatic rings. The normalized spacial score (nSPS) is 12.9. The zero-order valence-corrected chi connectivity index (χ0v) is 11.5. The average Bonchev–Trinajstić information content (AvgIpc) is 2.85. The van der Waals surface area contributed by atoms with Crippen molar-refractivity contribution in [2.75, 3.05) is 0 Å². The molecule has 21 heavy (non-hydrogen) atoms. The summed E-state index contributed by atoms with van der Waals surface area (Å²) in [6.07, 6.45) is -4.46. The highest BCUT2D eigenvalue weighted by Gasteiger charge is 2.31. The summed E-state index contributed by atoms with van der Waals surface area (Å²) in [5, 5.41) is 13.6. The first-order valence-electron chi connectivity index (χ1n) is 5.97. The van der Waals surface area contributed by atoms with Crippen LogP contribution < -0.4 is 5.76 Å². The molecule has 116 valence electrons. The van der Waals surface area contributed by atoms with Crippen LogP contribution in [0.15, 0.2) is 9.32 Å². The van der Waals surface area contributed by atoms with Crippen LogP contribution in [-0.2, 0) is 18.5 Å². The summed E-state index contributed by atoms with van der Waals surface area (Å²) in [5.41, 5.74) is -0.519. The zero-order valence-electron chi connectivity index (χ0n) is 11.5. The first-order chi connectivity index (χ1) is 9.58. The highest BCUT2D eigenvalue weighted by atomic mass is 19.4. The van der Waals surface area contributed by atoms with E-state index in [0.29, 0.717) is 10.5 Å². The second kappa shape index (κ2) is 4.97. The molecular formula is C10H13F3N6O2. The van der Waals surface area contributed by atoms with Gasteiger partial charge in [-0.15, -0.1) is 5.10 Å². The van der Waals surface area contributed by atoms with Gasteiger partial charge in [0.2, 0.25) is 0 Å². The van der Waals surface area contributed by atoms with Gasteiger partial charge in [-0.25, -0.2) is 9.48 Å². The molecule has 0 amide bonds. The average molecular weight is 306 g/mol. The quantitative estimate of drug-likeness (QED) is 0.830. The van der Waals surface area contributed by atoms with Crippen LogP contribution >= 0.6 is 0 Å². The number of rotatable bonds is 3. The summed E-state index contributed by atoms with van der Waals surface area (Å²) in [7, 11) is 0. The zero-order chi connectivity index (χ0) is 15.8. The van der Waals surface area contributed by atoms with Crippen LogP contribution in [0, 0.1) is 0 Å². The van der Waals surface area contributed by atoms with Gasteiger partial charge in [0.25, 0.3) is 0 Å². The fourth-order valence-electron chi connectivity index (χ4n) is 1.72. The summed E-state index contributed by atoms with van der Waals surface area (Å²) in [6, 6.07) is 0. The number of nitrogens with zero attached hydrogens (tertiary/aromatic N) is 6. The molecular weight excluding hydrogens is 293 g/mol. The van der Waals surface area contributed by atoms with Crippen molar-refractivity contribution in [3.8, 4) is 0 Å². The molecule has 0 aromatic carbocycles. The molecule has 2 aromatic rings. The van der Waals surface area contributed by atoms with E-state index in [-0.39, 0.29) is 12.4 Å². The molecule has 8 nitrogen and oxygen atoms in total. The van der Waals surface area contributed by atoms with E-state index in [9.17, 15) is 18.0 Å². The van der Waals surface area contributed by atoms with Gasteiger partial charge in [-0.1, -0.05) is 25.9 Å². The van der Waals surface area contributed by atoms with Crippen LogP contribution in [-0.4, -0.2) is 36.1 Å². The van der Waals surface area contributed by atoms with Gasteiger partial charge in [-0.05, 0) is 10.4 Å². The van der Waals surface area contributed by atoms with Crippen molar-refractivity contribution in [2.45, 2.75) is 45.5 Å². The smallest absolute Gasteiger partial charge is 0.296 e. The van der Waals surface area contributed by atoms with E-state index in [4.69, 9.17) is 0 Å². The summed E-state index contributed by atoms with van der Waals surface area (Å²) in [5.74, 6) is -0.585. The molecule has 0 saturated heterocycles. The molecule has 2 aromatic heterocycles. The second-order valence-corrected chi connectivity index (χ2v) is 5.48. The third-order valence-corrected chi connectivity index (χ3v) is 2.59. The number of hydrogen-bond acceptors (Lipinski definition) is 6. The number of alkyl halides is 3. The van der Waals surface area contributed by atoms with Crippen molar-refractivity contribution in [1.82, 2.24) is 29.9 Å². The van der Waals surface area contributed by atoms with E-state index in [1.54, 1.807) is 20.8 Å². The van der Waals surface area contributed by atoms with Crippen LogP contribution in [0.5, 0.6) is 0 Å². The van der Waals surface area contributed by atoms with Gasteiger partial charge in [-0.2, -0.15) is 13.2 Å². The highest BCUT2D eigenvalue weighted by Crippen LogP contribution is 2.20. The topological polar surface area (TPSA) is 91.6 Å². The van der Waals surface area contributed by atoms with Crippen LogP contribution in [0.1, 0.15) is 32.4 Å². The minimum atomic E-state index is -4.46. The van der Waals surface area contributed by atoms with Gasteiger partial charge >= 0.3 is 11.9 Å². The summed E-state index contributed by atoms with van der Waals surface area (Å²) in [6.45, 7) is 3.79. The highest BCUT2D eigenvalue weighted by molar-refractivity contribution is 5.02. The Morgan fingerprint density at radius 2 is 1.90 bits per heavy atom. The van der Waals surface area contributed by atoms with Crippen molar-refractivity contribution in [3.63, 3.8) is 0 Å². The lowest BCUT2D eigenvalue weighted by molar-refractivity contribution is -0.143. The van der Waals surface area contributed by atoms with Crippen molar-refractivity contribution < 1.29 is 17.7 Å². The van der Waals surface area contributed by atoms with E-state index < -0.39 is 23.9 Å². The fraction of sp³-hybridized carbons (Fsp3) is 0.700. The second-order valence-electron chi connectivity index (χ2n) is 5.48. The standard InChI is InChI=1S/C10H13F3N6O2/c1-9(2,3)7-15-21-8(20)18(7)4-6-14-16-17-19(6)5-10(11,12)13/h4-5H2,1-3H3. The van der Waals surface area contributed by atoms with Gasteiger partial charge in [0.05, 0.1) is 6.54 Å². The van der Waals surface area contributed by atoms with Gasteiger partial charge in [0.15, 0.2) is 11.6 Å². The molecule has 0 spiro atoms. The Hall–Kier alpha value is -2.20. The van der Waals surface area contributed by atoms with E-state index in [1.807, 2.05) is 0 Å². The van der Waals surface area contributed by atoms with E-state index in [0.717, 1.165) is 4.57 Å². The maximum Gasteiger partial charge on any atom is 0.442 e. The van der Waals surface area contributed by atoms with E-state index in [1.165, 1.54) is 0 Å². The maximum atomic E-state index is 12.4. The van der Waals surface area contributed by atoms with Crippen LogP contribution in [0.3, 0.4) is 0 Å². The molecule has 0 radical (unpaired) electrons. The minimum absolute atomic E-state index is 0.108. The molecule has 2 rings (SSSR count). The van der Waals surface area contributed by atoms with Gasteiger partial charge in [0.1, 0.15) is 6.54 Å². The number of hydrogen-bond donors (Lipinski definition) is 0. The molecule has 0 bridgehead atoms. The van der Waals surface area contributed by atoms with Crippen LogP contribution in [0.4, 0.5) is 13.2 Å². The molecule has 11 heteroatoms. The molecule has 0 saturated carbocycles. The fourth-order valence-corrected chi connectivity index (χ4v) is 1.72. The predicted octanol–water partition coefficient (Wildman–Crippen LogP) is 0.731. The van der Waals surface area contributed by atoms with Crippen LogP contribution in [0.2, 0.25) is 0 Å². The Morgan fingerprint density at radius 3 is 2.48 bits per heavy atom. The largest absolute Gasteiger partial charge is 0.442 e. The third kappa shape index (κ3) is 3.47. The maximum absolute atomic E-state index is 12.4. The van der Waals surface area contributed by atoms with E-state index >= 15 is 0 Å². The lowest BCUT2D eigenvalue weighted by Gasteiger charge is -2.16. The van der Waals surface area contributed by atoms with Crippen molar-refractivity contribution in [3.05, 3.63) is 22.2 Å². The Morgan fingerprint density at radius 1 is 1.24 bits per heavy atom. The Labute approximate surface area is 116 Å². The molecule has 0 fully saturated rings. The Balaban J connectivity index is 2.34. The van der Waals surface area contributed by atoms with Gasteiger partial charge < -0.3 is 0 Å². The van der Waals surface area contributed by atoms with Crippen LogP contribution in [0.25, 0.3) is 0 Å². The molecule has 0 N–H and O–H groups in total. The lowest BCUT2D eigenvalue weighted by Crippen LogP contribution is -2.28. The first kappa shape index (κ1) is 15.2. The summed E-state index contributed by atoms with van der Waals surface area (Å²) < 4.78 is 43.5. The number of halogens is 3. The van der Waals surface area contributed by atoms with Crippen molar-refractivity contribution >= 4 is 0 Å². The molecule has 0 aliphatic heterocycles. The molecule has 0 aliphatic carbocycles. The van der Waals surface area contributed by atoms with Gasteiger partial charge in [0, 0.05) is 5.41 Å². The van der Waals surface area contributed by atoms with E-state index in [2.05, 4.69) is 25.2 Å². The Bertz CT molecular complexity index is 678. The van der Waals surface area contributed by atoms with Crippen molar-refractivity contribution in [2.24, 2.45) is 0 Å². The van der Waals surface area contributed by atoms with Gasteiger partial charge in [-0.3, -0.25) is 9.09 Å². The SMILES string of the molecule is CC(C)(C)c1noc(=O)n1Cc1nnnn1CC(F)(F)F. The Kier molecular flexibility index (Phi) is 3.59. The number of aromatic nitrogens is 6. The third-order valence-electron chi connectivity index (χ3n) is 2.59. The minimum Gasteiger partial charge on any atom is -0.296 e. The lowest BCUT2D eigenvalue weighted by atomic mass is 9.96. The molecule has 0 atom stereocenters. The monoisotopic (exact) mass is 306 g/mol.